The van der Waals surface area contributed by atoms with Crippen molar-refractivity contribution in [2.75, 3.05) is 0 Å². The summed E-state index contributed by atoms with van der Waals surface area (Å²) < 4.78 is 0. The van der Waals surface area contributed by atoms with E-state index in [0.717, 1.165) is 5.69 Å². The third-order valence-electron chi connectivity index (χ3n) is 2.55. The van der Waals surface area contributed by atoms with Gasteiger partial charge in [0.1, 0.15) is 0 Å². The summed E-state index contributed by atoms with van der Waals surface area (Å²) >= 11 is 0. The molecular weight excluding hydrogens is 174 g/mol. The topological polar surface area (TPSA) is 41.6 Å². The Morgan fingerprint density at radius 3 is 2.43 bits per heavy atom. The van der Waals surface area contributed by atoms with Crippen LogP contribution in [0.1, 0.15) is 25.1 Å². The molecule has 0 saturated carbocycles. The van der Waals surface area contributed by atoms with Crippen LogP contribution in [0.4, 0.5) is 0 Å². The predicted molar refractivity (Wildman–Crippen MR) is 55.0 cm³/mol. The summed E-state index contributed by atoms with van der Waals surface area (Å²) in [6, 6.07) is 10.3. The van der Waals surface area contributed by atoms with E-state index < -0.39 is 0 Å². The number of aromatic nitrogens is 3. The van der Waals surface area contributed by atoms with Crippen LogP contribution in [0.15, 0.2) is 36.5 Å². The number of aromatic amines is 1. The largest absolute Gasteiger partial charge is 0.198 e. The van der Waals surface area contributed by atoms with Gasteiger partial charge in [0, 0.05) is 5.41 Å². The Morgan fingerprint density at radius 1 is 1.14 bits per heavy atom. The first-order valence-corrected chi connectivity index (χ1v) is 4.63. The molecule has 3 heteroatoms. The Balaban J connectivity index is 2.43. The minimum Gasteiger partial charge on any atom is -0.198 e. The van der Waals surface area contributed by atoms with Gasteiger partial charge in [0.15, 0.2) is 0 Å². The van der Waals surface area contributed by atoms with Gasteiger partial charge in [-0.25, -0.2) is 0 Å². The standard InChI is InChI=1S/C11H13N3/c1-11(2,10-8-12-14-13-10)9-6-4-3-5-7-9/h3-8H,1-2H3,(H,12,13,14). The molecule has 1 aromatic heterocycles. The van der Waals surface area contributed by atoms with Gasteiger partial charge >= 0.3 is 0 Å². The fraction of sp³-hybridized carbons (Fsp3) is 0.273. The lowest BCUT2D eigenvalue weighted by Gasteiger charge is -2.22. The molecule has 0 radical (unpaired) electrons. The number of benzene rings is 1. The summed E-state index contributed by atoms with van der Waals surface area (Å²) in [7, 11) is 0. The third-order valence-corrected chi connectivity index (χ3v) is 2.55. The van der Waals surface area contributed by atoms with Crippen molar-refractivity contribution in [3.8, 4) is 0 Å². The molecule has 0 aliphatic carbocycles. The highest BCUT2D eigenvalue weighted by atomic mass is 15.3. The maximum absolute atomic E-state index is 4.13. The molecule has 0 spiro atoms. The van der Waals surface area contributed by atoms with Crippen molar-refractivity contribution in [2.45, 2.75) is 19.3 Å². The molecule has 14 heavy (non-hydrogen) atoms. The molecule has 0 atom stereocenters. The van der Waals surface area contributed by atoms with Gasteiger partial charge < -0.3 is 0 Å². The van der Waals surface area contributed by atoms with Crippen LogP contribution in [0.25, 0.3) is 0 Å². The maximum atomic E-state index is 4.13. The molecule has 2 aromatic rings. The van der Waals surface area contributed by atoms with Crippen LogP contribution < -0.4 is 0 Å². The SMILES string of the molecule is CC(C)(c1ccccc1)c1cn[nH]n1. The van der Waals surface area contributed by atoms with E-state index in [-0.39, 0.29) is 5.41 Å². The second kappa shape index (κ2) is 3.25. The average molecular weight is 187 g/mol. The highest BCUT2D eigenvalue weighted by molar-refractivity contribution is 5.31. The normalized spacial score (nSPS) is 11.6. The van der Waals surface area contributed by atoms with Gasteiger partial charge in [-0.05, 0) is 5.56 Å². The molecule has 0 aliphatic heterocycles. The van der Waals surface area contributed by atoms with Gasteiger partial charge in [-0.1, -0.05) is 44.2 Å². The minimum atomic E-state index is -0.0890. The Kier molecular flexibility index (Phi) is 2.08. The van der Waals surface area contributed by atoms with E-state index in [4.69, 9.17) is 0 Å². The number of H-pyrrole nitrogens is 1. The number of hydrogen-bond acceptors (Lipinski definition) is 2. The van der Waals surface area contributed by atoms with Crippen molar-refractivity contribution in [1.82, 2.24) is 15.4 Å². The molecule has 0 unspecified atom stereocenters. The van der Waals surface area contributed by atoms with E-state index in [1.165, 1.54) is 5.56 Å². The van der Waals surface area contributed by atoms with Crippen LogP contribution in [0.3, 0.4) is 0 Å². The Labute approximate surface area is 83.2 Å². The van der Waals surface area contributed by atoms with Gasteiger partial charge in [-0.3, -0.25) is 0 Å². The molecule has 1 aromatic carbocycles. The van der Waals surface area contributed by atoms with Crippen molar-refractivity contribution >= 4 is 0 Å². The van der Waals surface area contributed by atoms with Crippen LogP contribution in [-0.4, -0.2) is 15.4 Å². The molecule has 0 saturated heterocycles. The maximum Gasteiger partial charge on any atom is 0.0924 e. The summed E-state index contributed by atoms with van der Waals surface area (Å²) in [5.41, 5.74) is 2.12. The molecule has 0 aliphatic rings. The molecule has 0 fully saturated rings. The zero-order valence-electron chi connectivity index (χ0n) is 8.36. The first kappa shape index (κ1) is 8.94. The van der Waals surface area contributed by atoms with E-state index in [2.05, 4.69) is 41.4 Å². The lowest BCUT2D eigenvalue weighted by Crippen LogP contribution is -2.19. The van der Waals surface area contributed by atoms with Crippen molar-refractivity contribution in [2.24, 2.45) is 0 Å². The molecule has 1 heterocycles. The molecule has 2 rings (SSSR count). The number of hydrogen-bond donors (Lipinski definition) is 1. The zero-order valence-corrected chi connectivity index (χ0v) is 8.36. The van der Waals surface area contributed by atoms with E-state index >= 15 is 0 Å². The Bertz CT molecular complexity index is 390. The Morgan fingerprint density at radius 2 is 1.86 bits per heavy atom. The summed E-state index contributed by atoms with van der Waals surface area (Å²) in [6.07, 6.45) is 1.77. The van der Waals surface area contributed by atoms with E-state index in [1.54, 1.807) is 6.20 Å². The van der Waals surface area contributed by atoms with Crippen molar-refractivity contribution in [1.29, 1.82) is 0 Å². The van der Waals surface area contributed by atoms with Gasteiger partial charge in [-0.2, -0.15) is 15.4 Å². The number of rotatable bonds is 2. The molecule has 3 nitrogen and oxygen atoms in total. The first-order chi connectivity index (χ1) is 6.71. The minimum absolute atomic E-state index is 0.0890. The summed E-state index contributed by atoms with van der Waals surface area (Å²) in [4.78, 5) is 0. The van der Waals surface area contributed by atoms with Gasteiger partial charge in [-0.15, -0.1) is 0 Å². The van der Waals surface area contributed by atoms with Crippen molar-refractivity contribution in [3.63, 3.8) is 0 Å². The predicted octanol–water partition coefficient (Wildman–Crippen LogP) is 2.13. The van der Waals surface area contributed by atoms with Crippen molar-refractivity contribution in [3.05, 3.63) is 47.8 Å². The fourth-order valence-corrected chi connectivity index (χ4v) is 1.51. The van der Waals surface area contributed by atoms with Crippen molar-refractivity contribution < 1.29 is 0 Å². The lowest BCUT2D eigenvalue weighted by molar-refractivity contribution is 0.613. The van der Waals surface area contributed by atoms with E-state index in [0.29, 0.717) is 0 Å². The third kappa shape index (κ3) is 1.41. The lowest BCUT2D eigenvalue weighted by atomic mass is 9.82. The number of nitrogens with one attached hydrogen (secondary N) is 1. The van der Waals surface area contributed by atoms with Crippen LogP contribution in [0.5, 0.6) is 0 Å². The molecule has 1 N–H and O–H groups in total. The van der Waals surface area contributed by atoms with Crippen LogP contribution in [0.2, 0.25) is 0 Å². The summed E-state index contributed by atoms with van der Waals surface area (Å²) in [5, 5.41) is 10.6. The quantitative estimate of drug-likeness (QED) is 0.782. The van der Waals surface area contributed by atoms with E-state index in [1.807, 2.05) is 18.2 Å². The average Bonchev–Trinajstić information content (AvgIpc) is 2.72. The number of nitrogens with zero attached hydrogens (tertiary/aromatic N) is 2. The monoisotopic (exact) mass is 187 g/mol. The summed E-state index contributed by atoms with van der Waals surface area (Å²) in [6.45, 7) is 4.28. The van der Waals surface area contributed by atoms with Gasteiger partial charge in [0.25, 0.3) is 0 Å². The Hall–Kier alpha value is -1.64. The highest BCUT2D eigenvalue weighted by Gasteiger charge is 2.25. The van der Waals surface area contributed by atoms with Gasteiger partial charge in [0.2, 0.25) is 0 Å². The van der Waals surface area contributed by atoms with Crippen LogP contribution in [0, 0.1) is 0 Å². The second-order valence-corrected chi connectivity index (χ2v) is 3.85. The smallest absolute Gasteiger partial charge is 0.0924 e. The second-order valence-electron chi connectivity index (χ2n) is 3.85. The fourth-order valence-electron chi connectivity index (χ4n) is 1.51. The molecular formula is C11H13N3. The molecule has 0 amide bonds. The van der Waals surface area contributed by atoms with E-state index in [9.17, 15) is 0 Å². The first-order valence-electron chi connectivity index (χ1n) is 4.63. The highest BCUT2D eigenvalue weighted by Crippen LogP contribution is 2.28. The van der Waals surface area contributed by atoms with Crippen LogP contribution in [-0.2, 0) is 5.41 Å². The van der Waals surface area contributed by atoms with Gasteiger partial charge in [0.05, 0.1) is 11.9 Å². The molecule has 72 valence electrons. The summed E-state index contributed by atoms with van der Waals surface area (Å²) in [5.74, 6) is 0. The molecule has 0 bridgehead atoms. The zero-order chi connectivity index (χ0) is 10.0. The van der Waals surface area contributed by atoms with Crippen LogP contribution >= 0.6 is 0 Å².